The van der Waals surface area contributed by atoms with Crippen molar-refractivity contribution in [2.75, 3.05) is 0 Å². The average Bonchev–Trinajstić information content (AvgIpc) is 2.53. The van der Waals surface area contributed by atoms with E-state index < -0.39 is 0 Å². The van der Waals surface area contributed by atoms with Gasteiger partial charge in [0.25, 0.3) is 0 Å². The molecule has 0 aliphatic heterocycles. The fourth-order valence-electron chi connectivity index (χ4n) is 3.01. The maximum atomic E-state index is 11.5. The Morgan fingerprint density at radius 3 is 1.17 bits per heavy atom. The lowest BCUT2D eigenvalue weighted by atomic mass is 10.0. The molecule has 3 nitrogen and oxygen atoms in total. The van der Waals surface area contributed by atoms with E-state index in [9.17, 15) is 9.59 Å². The second kappa shape index (κ2) is 17.0. The molecule has 0 fully saturated rings. The molecule has 0 bridgehead atoms. The highest BCUT2D eigenvalue weighted by molar-refractivity contribution is 5.80. The fourth-order valence-corrected chi connectivity index (χ4v) is 3.01. The van der Waals surface area contributed by atoms with Crippen molar-refractivity contribution in [3.63, 3.8) is 0 Å². The van der Waals surface area contributed by atoms with Crippen molar-refractivity contribution in [1.82, 2.24) is 0 Å². The molecule has 0 heterocycles. The van der Waals surface area contributed by atoms with Gasteiger partial charge in [0.05, 0.1) is 0 Å². The van der Waals surface area contributed by atoms with Crippen molar-refractivity contribution in [2.45, 2.75) is 117 Å². The molecule has 0 aliphatic rings. The molecular weight excluding hydrogens is 298 g/mol. The molecule has 0 aromatic heterocycles. The normalized spacial score (nSPS) is 11.1. The van der Waals surface area contributed by atoms with Crippen molar-refractivity contribution in [1.29, 1.82) is 0 Å². The van der Waals surface area contributed by atoms with Crippen molar-refractivity contribution >= 4 is 11.7 Å². The standard InChI is InChI=1S/C21H41NO2/c1-19(2)20(23)17-15-13-11-9-7-5-3-4-6-8-10-12-14-16-18-21(22)24/h19H,3-18H2,1-2H3,(H2,22,24). The van der Waals surface area contributed by atoms with E-state index in [1.807, 2.05) is 13.8 Å². The zero-order chi connectivity index (χ0) is 18.0. The van der Waals surface area contributed by atoms with E-state index in [2.05, 4.69) is 0 Å². The summed E-state index contributed by atoms with van der Waals surface area (Å²) in [5.74, 6) is 0.460. The first-order valence-corrected chi connectivity index (χ1v) is 10.3. The molecule has 3 heteroatoms. The zero-order valence-electron chi connectivity index (χ0n) is 16.3. The van der Waals surface area contributed by atoms with Gasteiger partial charge in [0.15, 0.2) is 0 Å². The summed E-state index contributed by atoms with van der Waals surface area (Å²) in [4.78, 5) is 22.1. The Bertz CT molecular complexity index is 313. The SMILES string of the molecule is CC(C)C(=O)CCCCCCCCCCCCCCCCC(N)=O. The van der Waals surface area contributed by atoms with Crippen LogP contribution in [0.3, 0.4) is 0 Å². The number of primary amides is 1. The van der Waals surface area contributed by atoms with Crippen LogP contribution in [0.2, 0.25) is 0 Å². The molecule has 2 N–H and O–H groups in total. The molecule has 0 spiro atoms. The van der Waals surface area contributed by atoms with Crippen LogP contribution >= 0.6 is 0 Å². The Balaban J connectivity index is 3.08. The van der Waals surface area contributed by atoms with Crippen LogP contribution in [0.1, 0.15) is 117 Å². The number of hydrogen-bond acceptors (Lipinski definition) is 2. The van der Waals surface area contributed by atoms with Gasteiger partial charge >= 0.3 is 0 Å². The highest BCUT2D eigenvalue weighted by Crippen LogP contribution is 2.14. The first-order chi connectivity index (χ1) is 11.5. The number of rotatable bonds is 18. The third-order valence-corrected chi connectivity index (χ3v) is 4.74. The molecule has 0 atom stereocenters. The number of carbonyl (C=O) groups excluding carboxylic acids is 2. The van der Waals surface area contributed by atoms with Crippen LogP contribution in [-0.4, -0.2) is 11.7 Å². The fraction of sp³-hybridized carbons (Fsp3) is 0.905. The second-order valence-corrected chi connectivity index (χ2v) is 7.54. The molecule has 0 saturated heterocycles. The highest BCUT2D eigenvalue weighted by atomic mass is 16.1. The number of hydrogen-bond donors (Lipinski definition) is 1. The molecule has 0 aromatic carbocycles. The molecule has 142 valence electrons. The molecule has 0 rings (SSSR count). The van der Waals surface area contributed by atoms with Gasteiger partial charge in [0, 0.05) is 18.8 Å². The number of ketones is 1. The minimum atomic E-state index is -0.168. The van der Waals surface area contributed by atoms with Crippen molar-refractivity contribution in [2.24, 2.45) is 11.7 Å². The van der Waals surface area contributed by atoms with Crippen molar-refractivity contribution in [3.8, 4) is 0 Å². The van der Waals surface area contributed by atoms with Gasteiger partial charge in [-0.2, -0.15) is 0 Å². The van der Waals surface area contributed by atoms with E-state index >= 15 is 0 Å². The number of carbonyl (C=O) groups is 2. The lowest BCUT2D eigenvalue weighted by molar-refractivity contribution is -0.122. The summed E-state index contributed by atoms with van der Waals surface area (Å²) in [6.45, 7) is 3.98. The van der Waals surface area contributed by atoms with Crippen molar-refractivity contribution < 1.29 is 9.59 Å². The topological polar surface area (TPSA) is 60.2 Å². The van der Waals surface area contributed by atoms with Gasteiger partial charge < -0.3 is 5.73 Å². The van der Waals surface area contributed by atoms with Gasteiger partial charge in [-0.05, 0) is 12.8 Å². The maximum Gasteiger partial charge on any atom is 0.217 e. The van der Waals surface area contributed by atoms with Crippen LogP contribution in [0.4, 0.5) is 0 Å². The predicted molar refractivity (Wildman–Crippen MR) is 103 cm³/mol. The van der Waals surface area contributed by atoms with Gasteiger partial charge in [-0.1, -0.05) is 90.9 Å². The van der Waals surface area contributed by atoms with E-state index in [0.717, 1.165) is 25.7 Å². The second-order valence-electron chi connectivity index (χ2n) is 7.54. The summed E-state index contributed by atoms with van der Waals surface area (Å²) in [6, 6.07) is 0. The summed E-state index contributed by atoms with van der Waals surface area (Å²) in [5.41, 5.74) is 5.12. The number of amides is 1. The third-order valence-electron chi connectivity index (χ3n) is 4.74. The summed E-state index contributed by atoms with van der Waals surface area (Å²) in [7, 11) is 0. The minimum absolute atomic E-state index is 0.168. The van der Waals surface area contributed by atoms with Gasteiger partial charge in [0.2, 0.25) is 5.91 Å². The van der Waals surface area contributed by atoms with Gasteiger partial charge in [-0.3, -0.25) is 9.59 Å². The quantitative estimate of drug-likeness (QED) is 0.314. The zero-order valence-corrected chi connectivity index (χ0v) is 16.3. The first-order valence-electron chi connectivity index (χ1n) is 10.3. The molecule has 0 radical (unpaired) electrons. The maximum absolute atomic E-state index is 11.5. The average molecular weight is 340 g/mol. The first kappa shape index (κ1) is 23.1. The van der Waals surface area contributed by atoms with Crippen LogP contribution in [0.5, 0.6) is 0 Å². The van der Waals surface area contributed by atoms with Crippen LogP contribution in [0.25, 0.3) is 0 Å². The van der Waals surface area contributed by atoms with Crippen molar-refractivity contribution in [3.05, 3.63) is 0 Å². The summed E-state index contributed by atoms with van der Waals surface area (Å²) in [5, 5.41) is 0. The molecule has 0 unspecified atom stereocenters. The molecule has 24 heavy (non-hydrogen) atoms. The van der Waals surface area contributed by atoms with Crippen LogP contribution in [-0.2, 0) is 9.59 Å². The Morgan fingerprint density at radius 2 is 0.875 bits per heavy atom. The van der Waals surface area contributed by atoms with Gasteiger partial charge in [0.1, 0.15) is 5.78 Å². The Hall–Kier alpha value is -0.860. The smallest absolute Gasteiger partial charge is 0.217 e. The van der Waals surface area contributed by atoms with E-state index in [0.29, 0.717) is 12.2 Å². The molecular formula is C21H41NO2. The van der Waals surface area contributed by atoms with E-state index in [1.165, 1.54) is 70.6 Å². The van der Waals surface area contributed by atoms with E-state index in [4.69, 9.17) is 5.73 Å². The Kier molecular flexibility index (Phi) is 16.4. The van der Waals surface area contributed by atoms with E-state index in [1.54, 1.807) is 0 Å². The largest absolute Gasteiger partial charge is 0.370 e. The molecule has 0 saturated carbocycles. The Morgan fingerprint density at radius 1 is 0.583 bits per heavy atom. The Labute approximate surface area is 150 Å². The van der Waals surface area contributed by atoms with Gasteiger partial charge in [-0.25, -0.2) is 0 Å². The van der Waals surface area contributed by atoms with E-state index in [-0.39, 0.29) is 11.8 Å². The van der Waals surface area contributed by atoms with Gasteiger partial charge in [-0.15, -0.1) is 0 Å². The molecule has 0 aliphatic carbocycles. The monoisotopic (exact) mass is 339 g/mol. The van der Waals surface area contributed by atoms with Crippen LogP contribution in [0.15, 0.2) is 0 Å². The lowest BCUT2D eigenvalue weighted by Gasteiger charge is -2.04. The van der Waals surface area contributed by atoms with Crippen LogP contribution < -0.4 is 5.73 Å². The molecule has 0 aromatic rings. The predicted octanol–water partition coefficient (Wildman–Crippen LogP) is 5.94. The molecule has 1 amide bonds. The van der Waals surface area contributed by atoms with Crippen LogP contribution in [0, 0.1) is 5.92 Å². The summed E-state index contributed by atoms with van der Waals surface area (Å²) >= 11 is 0. The summed E-state index contributed by atoms with van der Waals surface area (Å²) in [6.07, 6.45) is 19.0. The third kappa shape index (κ3) is 17.5. The minimum Gasteiger partial charge on any atom is -0.370 e. The number of unbranched alkanes of at least 4 members (excludes halogenated alkanes) is 13. The number of nitrogens with two attached hydrogens (primary N) is 1. The number of Topliss-reactive ketones (excluding diaryl/α,β-unsaturated/α-hetero) is 1. The highest BCUT2D eigenvalue weighted by Gasteiger charge is 2.05. The lowest BCUT2D eigenvalue weighted by Crippen LogP contribution is -2.09. The summed E-state index contributed by atoms with van der Waals surface area (Å²) < 4.78 is 0.